The number of aromatic nitrogens is 2. The minimum atomic E-state index is -0.171. The lowest BCUT2D eigenvalue weighted by Crippen LogP contribution is -2.28. The number of thiazole rings is 1. The number of nitrogen functional groups attached to an aromatic ring is 1. The molecular weight excluding hydrogens is 418 g/mol. The van der Waals surface area contributed by atoms with Gasteiger partial charge in [0, 0.05) is 11.7 Å². The number of anilines is 4. The van der Waals surface area contributed by atoms with Gasteiger partial charge in [-0.25, -0.2) is 9.97 Å². The molecule has 1 fully saturated rings. The topological polar surface area (TPSA) is 96.1 Å². The van der Waals surface area contributed by atoms with Crippen LogP contribution in [0.1, 0.15) is 36.8 Å². The summed E-state index contributed by atoms with van der Waals surface area (Å²) in [5, 5.41) is 17.6. The zero-order chi connectivity index (χ0) is 21.9. The Morgan fingerprint density at radius 3 is 2.50 bits per heavy atom. The van der Waals surface area contributed by atoms with Crippen molar-refractivity contribution in [1.82, 2.24) is 9.97 Å². The summed E-state index contributed by atoms with van der Waals surface area (Å²) in [4.78, 5) is 9.51. The highest BCUT2D eigenvalue weighted by Crippen LogP contribution is 2.30. The highest BCUT2D eigenvalue weighted by Gasteiger charge is 2.20. The van der Waals surface area contributed by atoms with E-state index in [2.05, 4.69) is 52.0 Å². The van der Waals surface area contributed by atoms with Gasteiger partial charge in [0.05, 0.1) is 16.3 Å². The first-order chi connectivity index (χ1) is 15.6. The fourth-order valence-electron chi connectivity index (χ4n) is 4.19. The van der Waals surface area contributed by atoms with Crippen LogP contribution in [0.3, 0.4) is 0 Å². The van der Waals surface area contributed by atoms with Crippen LogP contribution in [0.5, 0.6) is 0 Å². The van der Waals surface area contributed by atoms with E-state index in [1.165, 1.54) is 11.1 Å². The molecule has 0 bridgehead atoms. The zero-order valence-corrected chi connectivity index (χ0v) is 18.6. The molecule has 0 atom stereocenters. The van der Waals surface area contributed by atoms with Gasteiger partial charge in [-0.3, -0.25) is 0 Å². The third kappa shape index (κ3) is 5.00. The average Bonchev–Trinajstić information content (AvgIpc) is 3.17. The summed E-state index contributed by atoms with van der Waals surface area (Å²) >= 11 is 1.57. The summed E-state index contributed by atoms with van der Waals surface area (Å²) in [5.74, 6) is 1.62. The molecule has 4 aromatic rings. The maximum Gasteiger partial charge on any atom is 0.189 e. The lowest BCUT2D eigenvalue weighted by Gasteiger charge is -2.27. The lowest BCUT2D eigenvalue weighted by atomic mass is 9.93. The van der Waals surface area contributed by atoms with Crippen molar-refractivity contribution in [3.8, 4) is 0 Å². The van der Waals surface area contributed by atoms with E-state index in [0.717, 1.165) is 64.8 Å². The molecule has 0 spiro atoms. The van der Waals surface area contributed by atoms with E-state index in [0.29, 0.717) is 6.04 Å². The van der Waals surface area contributed by atoms with E-state index in [-0.39, 0.29) is 6.10 Å². The minimum absolute atomic E-state index is 0.171. The van der Waals surface area contributed by atoms with Gasteiger partial charge in [0.1, 0.15) is 11.6 Å². The van der Waals surface area contributed by atoms with Crippen LogP contribution in [0.25, 0.3) is 10.2 Å². The van der Waals surface area contributed by atoms with Crippen molar-refractivity contribution < 1.29 is 5.11 Å². The Balaban J connectivity index is 1.42. The van der Waals surface area contributed by atoms with Crippen LogP contribution in [0, 0.1) is 0 Å². The van der Waals surface area contributed by atoms with Gasteiger partial charge in [0.15, 0.2) is 5.13 Å². The second kappa shape index (κ2) is 9.14. The Labute approximate surface area is 191 Å². The van der Waals surface area contributed by atoms with Crippen LogP contribution >= 0.6 is 11.3 Å². The SMILES string of the molecule is Nc1ccc2nc(Nc3cc(Cc4ccccc4)cc(N[C@H]4CC[C@H](O)CC4)n3)sc2c1. The molecule has 0 radical (unpaired) electrons. The average molecular weight is 446 g/mol. The molecule has 5 rings (SSSR count). The summed E-state index contributed by atoms with van der Waals surface area (Å²) in [5.41, 5.74) is 10.0. The Morgan fingerprint density at radius 2 is 1.69 bits per heavy atom. The molecule has 1 aliphatic rings. The van der Waals surface area contributed by atoms with Gasteiger partial charge in [-0.15, -0.1) is 0 Å². The quantitative estimate of drug-likeness (QED) is 0.300. The third-order valence-electron chi connectivity index (χ3n) is 5.83. The molecule has 32 heavy (non-hydrogen) atoms. The molecular formula is C25H27N5OS. The lowest BCUT2D eigenvalue weighted by molar-refractivity contribution is 0.126. The molecule has 0 amide bonds. The van der Waals surface area contributed by atoms with Crippen LogP contribution in [-0.2, 0) is 6.42 Å². The smallest absolute Gasteiger partial charge is 0.189 e. The highest BCUT2D eigenvalue weighted by atomic mass is 32.1. The molecule has 7 heteroatoms. The van der Waals surface area contributed by atoms with Crippen molar-refractivity contribution >= 4 is 44.0 Å². The van der Waals surface area contributed by atoms with Crippen LogP contribution in [0.2, 0.25) is 0 Å². The first-order valence-corrected chi connectivity index (χ1v) is 11.8. The van der Waals surface area contributed by atoms with Crippen LogP contribution in [0.4, 0.5) is 22.5 Å². The van der Waals surface area contributed by atoms with E-state index >= 15 is 0 Å². The van der Waals surface area contributed by atoms with Crippen molar-refractivity contribution in [3.63, 3.8) is 0 Å². The van der Waals surface area contributed by atoms with Gasteiger partial charge in [-0.2, -0.15) is 0 Å². The van der Waals surface area contributed by atoms with Gasteiger partial charge in [0.25, 0.3) is 0 Å². The number of nitrogens with one attached hydrogen (secondary N) is 2. The number of aliphatic hydroxyl groups excluding tert-OH is 1. The number of nitrogens with two attached hydrogens (primary N) is 1. The second-order valence-electron chi connectivity index (χ2n) is 8.43. The molecule has 2 aromatic heterocycles. The molecule has 1 aliphatic carbocycles. The van der Waals surface area contributed by atoms with Gasteiger partial charge in [0.2, 0.25) is 0 Å². The molecule has 6 nitrogen and oxygen atoms in total. The summed E-state index contributed by atoms with van der Waals surface area (Å²) in [6.07, 6.45) is 4.23. The van der Waals surface area contributed by atoms with Crippen molar-refractivity contribution in [1.29, 1.82) is 0 Å². The van der Waals surface area contributed by atoms with E-state index in [1.807, 2.05) is 24.3 Å². The first-order valence-electron chi connectivity index (χ1n) is 11.0. The van der Waals surface area contributed by atoms with Gasteiger partial charge in [-0.05, 0) is 73.6 Å². The van der Waals surface area contributed by atoms with Gasteiger partial charge < -0.3 is 21.5 Å². The predicted molar refractivity (Wildman–Crippen MR) is 133 cm³/mol. The molecule has 1 saturated carbocycles. The Morgan fingerprint density at radius 1 is 0.906 bits per heavy atom. The summed E-state index contributed by atoms with van der Waals surface area (Å²) < 4.78 is 1.05. The number of aliphatic hydroxyl groups is 1. The summed E-state index contributed by atoms with van der Waals surface area (Å²) in [6.45, 7) is 0. The van der Waals surface area contributed by atoms with Crippen molar-refractivity contribution in [2.75, 3.05) is 16.4 Å². The maximum absolute atomic E-state index is 9.82. The van der Waals surface area contributed by atoms with E-state index < -0.39 is 0 Å². The third-order valence-corrected chi connectivity index (χ3v) is 6.77. The maximum atomic E-state index is 9.82. The van der Waals surface area contributed by atoms with Crippen LogP contribution < -0.4 is 16.4 Å². The fraction of sp³-hybridized carbons (Fsp3) is 0.280. The van der Waals surface area contributed by atoms with Crippen LogP contribution in [0.15, 0.2) is 60.7 Å². The Bertz CT molecular complexity index is 1200. The second-order valence-corrected chi connectivity index (χ2v) is 9.46. The summed E-state index contributed by atoms with van der Waals surface area (Å²) in [6, 6.07) is 20.7. The molecule has 2 aromatic carbocycles. The van der Waals surface area contributed by atoms with Gasteiger partial charge in [-0.1, -0.05) is 41.7 Å². The fourth-order valence-corrected chi connectivity index (χ4v) is 5.11. The van der Waals surface area contributed by atoms with Crippen molar-refractivity contribution in [3.05, 3.63) is 71.8 Å². The number of rotatable bonds is 6. The first kappa shape index (κ1) is 20.7. The largest absolute Gasteiger partial charge is 0.399 e. The standard InChI is InChI=1S/C25H27N5OS/c26-18-6-11-21-22(15-18)32-25(28-21)30-24-14-17(12-16-4-2-1-3-5-16)13-23(29-24)27-19-7-9-20(31)10-8-19/h1-6,11,13-15,19-20,31H,7-10,12,26H2,(H2,27,28,29,30)/t19-,20-. The van der Waals surface area contributed by atoms with E-state index in [9.17, 15) is 5.11 Å². The molecule has 0 saturated heterocycles. The number of benzene rings is 2. The number of fused-ring (bicyclic) bond motifs is 1. The monoisotopic (exact) mass is 445 g/mol. The van der Waals surface area contributed by atoms with Crippen LogP contribution in [-0.4, -0.2) is 27.2 Å². The summed E-state index contributed by atoms with van der Waals surface area (Å²) in [7, 11) is 0. The number of hydrogen-bond acceptors (Lipinski definition) is 7. The Kier molecular flexibility index (Phi) is 5.92. The molecule has 5 N–H and O–H groups in total. The zero-order valence-electron chi connectivity index (χ0n) is 17.8. The normalized spacial score (nSPS) is 18.5. The van der Waals surface area contributed by atoms with Crippen molar-refractivity contribution in [2.24, 2.45) is 0 Å². The number of nitrogens with zero attached hydrogens (tertiary/aromatic N) is 2. The molecule has 2 heterocycles. The highest BCUT2D eigenvalue weighted by molar-refractivity contribution is 7.22. The molecule has 164 valence electrons. The minimum Gasteiger partial charge on any atom is -0.399 e. The number of hydrogen-bond donors (Lipinski definition) is 4. The predicted octanol–water partition coefficient (Wildman–Crippen LogP) is 5.32. The molecule has 0 unspecified atom stereocenters. The van der Waals surface area contributed by atoms with E-state index in [1.54, 1.807) is 11.3 Å². The number of pyridine rings is 1. The van der Waals surface area contributed by atoms with E-state index in [4.69, 9.17) is 10.7 Å². The Hall–Kier alpha value is -3.16. The van der Waals surface area contributed by atoms with Crippen molar-refractivity contribution in [2.45, 2.75) is 44.2 Å². The van der Waals surface area contributed by atoms with Gasteiger partial charge >= 0.3 is 0 Å². The molecule has 0 aliphatic heterocycles.